The van der Waals surface area contributed by atoms with Crippen LogP contribution in [0, 0.1) is 0 Å². The predicted octanol–water partition coefficient (Wildman–Crippen LogP) is 0.0208. The molecule has 3 heterocycles. The van der Waals surface area contributed by atoms with Crippen LogP contribution in [0.1, 0.15) is 34.5 Å². The molecule has 4 N–H and O–H groups in total. The monoisotopic (exact) mass is 468 g/mol. The number of nitrogens with one attached hydrogen (secondary N) is 2. The fourth-order valence-electron chi connectivity index (χ4n) is 4.52. The molecule has 1 fully saturated rings. The van der Waals surface area contributed by atoms with Crippen LogP contribution >= 0.6 is 0 Å². The van der Waals surface area contributed by atoms with Gasteiger partial charge >= 0.3 is 0 Å². The number of aliphatic hydroxyl groups is 2. The molecule has 10 nitrogen and oxygen atoms in total. The van der Waals surface area contributed by atoms with Crippen LogP contribution in [-0.4, -0.2) is 93.3 Å². The predicted molar refractivity (Wildman–Crippen MR) is 126 cm³/mol. The molecule has 10 heteroatoms. The van der Waals surface area contributed by atoms with Gasteiger partial charge < -0.3 is 25.7 Å². The molecule has 0 spiro atoms. The number of carbonyl (C=O) groups excluding carboxylic acids is 2. The van der Waals surface area contributed by atoms with Gasteiger partial charge in [-0.05, 0) is 30.4 Å². The fourth-order valence-corrected chi connectivity index (χ4v) is 4.52. The fraction of sp³-hybridized carbons (Fsp3) is 0.500. The molecule has 1 aromatic heterocycles. The smallest absolute Gasteiger partial charge is 0.270 e. The molecule has 2 aliphatic rings. The van der Waals surface area contributed by atoms with Crippen molar-refractivity contribution in [2.45, 2.75) is 38.0 Å². The molecule has 182 valence electrons. The van der Waals surface area contributed by atoms with Crippen molar-refractivity contribution in [1.82, 2.24) is 25.1 Å². The van der Waals surface area contributed by atoms with Gasteiger partial charge in [0, 0.05) is 51.4 Å². The van der Waals surface area contributed by atoms with Crippen molar-refractivity contribution >= 4 is 17.6 Å². The van der Waals surface area contributed by atoms with Crippen molar-refractivity contribution in [3.8, 4) is 0 Å². The van der Waals surface area contributed by atoms with Gasteiger partial charge in [-0.25, -0.2) is 9.97 Å². The van der Waals surface area contributed by atoms with Crippen LogP contribution in [0.4, 0.5) is 5.82 Å². The summed E-state index contributed by atoms with van der Waals surface area (Å²) in [6, 6.07) is 10.1. The summed E-state index contributed by atoms with van der Waals surface area (Å²) in [5.74, 6) is -0.0804. The molecule has 0 radical (unpaired) electrons. The SMILES string of the molecule is O=C(NCC(O)CN1CCc2ccccc2C1)c1cc(NC2CCN(C(=O)CO)CC2)ncn1. The summed E-state index contributed by atoms with van der Waals surface area (Å²) in [6.07, 6.45) is 3.07. The minimum Gasteiger partial charge on any atom is -0.390 e. The summed E-state index contributed by atoms with van der Waals surface area (Å²) in [4.78, 5) is 36.3. The lowest BCUT2D eigenvalue weighted by Gasteiger charge is -2.32. The second-order valence-corrected chi connectivity index (χ2v) is 8.86. The summed E-state index contributed by atoms with van der Waals surface area (Å²) in [6.45, 7) is 2.98. The number of β-amino-alcohol motifs (C(OH)–C–C–N with tert-alkyl or cyclic N) is 1. The van der Waals surface area contributed by atoms with E-state index in [1.807, 2.05) is 6.07 Å². The third-order valence-electron chi connectivity index (χ3n) is 6.41. The number of likely N-dealkylation sites (tertiary alicyclic amines) is 1. The Kier molecular flexibility index (Phi) is 8.04. The van der Waals surface area contributed by atoms with E-state index in [0.717, 1.165) is 32.4 Å². The van der Waals surface area contributed by atoms with E-state index in [4.69, 9.17) is 5.11 Å². The number of fused-ring (bicyclic) bond motifs is 1. The number of hydrogen-bond donors (Lipinski definition) is 4. The van der Waals surface area contributed by atoms with Crippen LogP contribution in [0.2, 0.25) is 0 Å². The Hall–Kier alpha value is -3.08. The van der Waals surface area contributed by atoms with Gasteiger partial charge in [0.1, 0.15) is 24.4 Å². The number of amides is 2. The van der Waals surface area contributed by atoms with Crippen molar-refractivity contribution in [3.63, 3.8) is 0 Å². The highest BCUT2D eigenvalue weighted by atomic mass is 16.3. The van der Waals surface area contributed by atoms with Crippen LogP contribution in [0.15, 0.2) is 36.7 Å². The van der Waals surface area contributed by atoms with Crippen molar-refractivity contribution < 1.29 is 19.8 Å². The lowest BCUT2D eigenvalue weighted by atomic mass is 10.00. The molecule has 0 bridgehead atoms. The minimum absolute atomic E-state index is 0.116. The lowest BCUT2D eigenvalue weighted by Crippen LogP contribution is -2.43. The van der Waals surface area contributed by atoms with Crippen LogP contribution < -0.4 is 10.6 Å². The minimum atomic E-state index is -0.680. The van der Waals surface area contributed by atoms with E-state index in [-0.39, 0.29) is 30.1 Å². The molecule has 34 heavy (non-hydrogen) atoms. The quantitative estimate of drug-likeness (QED) is 0.427. The van der Waals surface area contributed by atoms with E-state index < -0.39 is 12.7 Å². The van der Waals surface area contributed by atoms with E-state index in [2.05, 4.69) is 43.7 Å². The Balaban J connectivity index is 1.22. The maximum Gasteiger partial charge on any atom is 0.270 e. The van der Waals surface area contributed by atoms with Crippen molar-refractivity contribution in [3.05, 3.63) is 53.5 Å². The van der Waals surface area contributed by atoms with Crippen LogP contribution in [0.3, 0.4) is 0 Å². The number of aliphatic hydroxyl groups excluding tert-OH is 2. The van der Waals surface area contributed by atoms with Gasteiger partial charge in [0.2, 0.25) is 5.91 Å². The maximum atomic E-state index is 12.6. The number of aromatic nitrogens is 2. The first-order valence-corrected chi connectivity index (χ1v) is 11.7. The summed E-state index contributed by atoms with van der Waals surface area (Å²) >= 11 is 0. The zero-order valence-electron chi connectivity index (χ0n) is 19.2. The number of anilines is 1. The molecule has 0 aliphatic carbocycles. The number of rotatable bonds is 8. The summed E-state index contributed by atoms with van der Waals surface area (Å²) in [7, 11) is 0. The van der Waals surface area contributed by atoms with Crippen LogP contribution in [0.25, 0.3) is 0 Å². The average molecular weight is 469 g/mol. The van der Waals surface area contributed by atoms with E-state index in [1.165, 1.54) is 17.5 Å². The molecule has 1 saturated heterocycles. The second kappa shape index (κ2) is 11.4. The Morgan fingerprint density at radius 3 is 2.65 bits per heavy atom. The molecular formula is C24H32N6O4. The molecule has 4 rings (SSSR count). The van der Waals surface area contributed by atoms with Crippen LogP contribution in [0.5, 0.6) is 0 Å². The molecule has 2 aliphatic heterocycles. The largest absolute Gasteiger partial charge is 0.390 e. The number of piperidine rings is 1. The molecule has 1 unspecified atom stereocenters. The standard InChI is InChI=1S/C24H32N6O4/c31-15-23(33)30-9-6-19(7-10-30)28-22-11-21(26-16-27-22)24(34)25-12-20(32)14-29-8-5-17-3-1-2-4-18(17)13-29/h1-4,11,16,19-20,31-32H,5-10,12-15H2,(H,25,34)(H,26,27,28). The third-order valence-corrected chi connectivity index (χ3v) is 6.41. The summed E-state index contributed by atoms with van der Waals surface area (Å²) in [5, 5.41) is 25.5. The van der Waals surface area contributed by atoms with Gasteiger partial charge in [-0.15, -0.1) is 0 Å². The van der Waals surface area contributed by atoms with E-state index in [9.17, 15) is 14.7 Å². The summed E-state index contributed by atoms with van der Waals surface area (Å²) in [5.41, 5.74) is 2.88. The van der Waals surface area contributed by atoms with E-state index in [1.54, 1.807) is 11.0 Å². The molecule has 2 aromatic rings. The van der Waals surface area contributed by atoms with Gasteiger partial charge in [-0.3, -0.25) is 14.5 Å². The number of carbonyl (C=O) groups is 2. The molecule has 1 aromatic carbocycles. The molecule has 0 saturated carbocycles. The van der Waals surface area contributed by atoms with Gasteiger partial charge in [-0.2, -0.15) is 0 Å². The Morgan fingerprint density at radius 2 is 1.88 bits per heavy atom. The highest BCUT2D eigenvalue weighted by molar-refractivity contribution is 5.92. The summed E-state index contributed by atoms with van der Waals surface area (Å²) < 4.78 is 0. The Bertz CT molecular complexity index is 995. The van der Waals surface area contributed by atoms with Gasteiger partial charge in [0.25, 0.3) is 5.91 Å². The normalized spacial score (nSPS) is 17.6. The van der Waals surface area contributed by atoms with Gasteiger partial charge in [0.15, 0.2) is 0 Å². The zero-order valence-corrected chi connectivity index (χ0v) is 19.2. The molecule has 2 amide bonds. The Labute approximate surface area is 199 Å². The number of nitrogens with zero attached hydrogens (tertiary/aromatic N) is 4. The zero-order chi connectivity index (χ0) is 23.9. The molecule has 1 atom stereocenters. The first-order chi connectivity index (χ1) is 16.5. The first-order valence-electron chi connectivity index (χ1n) is 11.7. The maximum absolute atomic E-state index is 12.6. The topological polar surface area (TPSA) is 131 Å². The highest BCUT2D eigenvalue weighted by Gasteiger charge is 2.23. The second-order valence-electron chi connectivity index (χ2n) is 8.86. The first kappa shape index (κ1) is 24.1. The highest BCUT2D eigenvalue weighted by Crippen LogP contribution is 2.18. The third kappa shape index (κ3) is 6.28. The van der Waals surface area contributed by atoms with E-state index in [0.29, 0.717) is 25.5 Å². The van der Waals surface area contributed by atoms with Gasteiger partial charge in [0.05, 0.1) is 6.10 Å². The van der Waals surface area contributed by atoms with Crippen molar-refractivity contribution in [1.29, 1.82) is 0 Å². The average Bonchev–Trinajstić information content (AvgIpc) is 2.87. The van der Waals surface area contributed by atoms with Crippen LogP contribution in [-0.2, 0) is 17.8 Å². The molecular weight excluding hydrogens is 436 g/mol. The number of benzene rings is 1. The van der Waals surface area contributed by atoms with Crippen molar-refractivity contribution in [2.24, 2.45) is 0 Å². The number of hydrogen-bond acceptors (Lipinski definition) is 8. The lowest BCUT2D eigenvalue weighted by molar-refractivity contribution is -0.135. The van der Waals surface area contributed by atoms with E-state index >= 15 is 0 Å². The van der Waals surface area contributed by atoms with Crippen molar-refractivity contribution in [2.75, 3.05) is 44.6 Å². The van der Waals surface area contributed by atoms with Gasteiger partial charge in [-0.1, -0.05) is 24.3 Å². The Morgan fingerprint density at radius 1 is 1.12 bits per heavy atom.